The average Bonchev–Trinajstić information content (AvgIpc) is 2.39. The highest BCUT2D eigenvalue weighted by atomic mass is 16.5. The fourth-order valence-electron chi connectivity index (χ4n) is 1.35. The lowest BCUT2D eigenvalue weighted by Gasteiger charge is -2.07. The van der Waals surface area contributed by atoms with Crippen LogP contribution in [0.4, 0.5) is 5.69 Å². The van der Waals surface area contributed by atoms with Crippen molar-refractivity contribution in [2.45, 2.75) is 19.8 Å². The summed E-state index contributed by atoms with van der Waals surface area (Å²) >= 11 is 0. The number of nitrogens with two attached hydrogens (primary N) is 1. The van der Waals surface area contributed by atoms with E-state index in [-0.39, 0.29) is 0 Å². The average molecular weight is 253 g/mol. The van der Waals surface area contributed by atoms with Gasteiger partial charge in [0, 0.05) is 12.3 Å². The van der Waals surface area contributed by atoms with Crippen molar-refractivity contribution in [3.05, 3.63) is 24.3 Å². The third-order valence-corrected chi connectivity index (χ3v) is 2.39. The van der Waals surface area contributed by atoms with Crippen LogP contribution in [-0.4, -0.2) is 33.0 Å². The third-order valence-electron chi connectivity index (χ3n) is 2.39. The highest BCUT2D eigenvalue weighted by Gasteiger charge is 1.94. The molecule has 0 heterocycles. The van der Waals surface area contributed by atoms with Crippen LogP contribution in [0.2, 0.25) is 0 Å². The SMILES string of the molecule is CCCCOCCOCCOc1ccc(N)cc1. The van der Waals surface area contributed by atoms with Gasteiger partial charge in [-0.1, -0.05) is 13.3 Å². The topological polar surface area (TPSA) is 53.7 Å². The van der Waals surface area contributed by atoms with Gasteiger partial charge in [-0.15, -0.1) is 0 Å². The van der Waals surface area contributed by atoms with Crippen molar-refractivity contribution in [1.82, 2.24) is 0 Å². The molecule has 0 saturated heterocycles. The van der Waals surface area contributed by atoms with Gasteiger partial charge in [0.15, 0.2) is 0 Å². The second-order valence-electron chi connectivity index (χ2n) is 4.00. The van der Waals surface area contributed by atoms with Gasteiger partial charge in [-0.05, 0) is 30.7 Å². The molecule has 1 aromatic carbocycles. The van der Waals surface area contributed by atoms with Gasteiger partial charge in [0.25, 0.3) is 0 Å². The molecule has 2 N–H and O–H groups in total. The number of ether oxygens (including phenoxy) is 3. The van der Waals surface area contributed by atoms with Gasteiger partial charge < -0.3 is 19.9 Å². The number of hydrogen-bond donors (Lipinski definition) is 1. The molecule has 0 bridgehead atoms. The smallest absolute Gasteiger partial charge is 0.119 e. The molecule has 1 aromatic rings. The predicted octanol–water partition coefficient (Wildman–Crippen LogP) is 2.48. The molecule has 0 atom stereocenters. The molecule has 0 aromatic heterocycles. The number of anilines is 1. The fourth-order valence-corrected chi connectivity index (χ4v) is 1.35. The summed E-state index contributed by atoms with van der Waals surface area (Å²) < 4.78 is 16.2. The molecular formula is C14H23NO3. The van der Waals surface area contributed by atoms with Crippen LogP contribution in [0.1, 0.15) is 19.8 Å². The Bertz CT molecular complexity index is 300. The Balaban J connectivity index is 1.91. The maximum absolute atomic E-state index is 5.58. The first kappa shape index (κ1) is 14.8. The van der Waals surface area contributed by atoms with Gasteiger partial charge in [0.05, 0.1) is 19.8 Å². The van der Waals surface area contributed by atoms with Crippen LogP contribution in [0.5, 0.6) is 5.75 Å². The van der Waals surface area contributed by atoms with E-state index in [9.17, 15) is 0 Å². The number of hydrogen-bond acceptors (Lipinski definition) is 4. The Hall–Kier alpha value is -1.26. The van der Waals surface area contributed by atoms with E-state index in [4.69, 9.17) is 19.9 Å². The zero-order chi connectivity index (χ0) is 13.1. The van der Waals surface area contributed by atoms with Gasteiger partial charge >= 0.3 is 0 Å². The summed E-state index contributed by atoms with van der Waals surface area (Å²) in [6, 6.07) is 7.34. The van der Waals surface area contributed by atoms with Crippen molar-refractivity contribution in [1.29, 1.82) is 0 Å². The van der Waals surface area contributed by atoms with Crippen molar-refractivity contribution in [2.24, 2.45) is 0 Å². The molecular weight excluding hydrogens is 230 g/mol. The molecule has 0 radical (unpaired) electrons. The monoisotopic (exact) mass is 253 g/mol. The normalized spacial score (nSPS) is 10.5. The highest BCUT2D eigenvalue weighted by Crippen LogP contribution is 2.12. The third kappa shape index (κ3) is 7.14. The standard InChI is InChI=1S/C14H23NO3/c1-2-3-8-16-9-10-17-11-12-18-14-6-4-13(15)5-7-14/h4-7H,2-3,8-12,15H2,1H3. The summed E-state index contributed by atoms with van der Waals surface area (Å²) in [5.74, 6) is 0.812. The van der Waals surface area contributed by atoms with Crippen LogP contribution in [0.3, 0.4) is 0 Å². The van der Waals surface area contributed by atoms with Crippen molar-refractivity contribution < 1.29 is 14.2 Å². The molecule has 4 nitrogen and oxygen atoms in total. The molecule has 1 rings (SSSR count). The summed E-state index contributed by atoms with van der Waals surface area (Å²) in [7, 11) is 0. The zero-order valence-electron chi connectivity index (χ0n) is 11.1. The van der Waals surface area contributed by atoms with Crippen LogP contribution in [0.15, 0.2) is 24.3 Å². The van der Waals surface area contributed by atoms with Crippen LogP contribution in [0.25, 0.3) is 0 Å². The maximum Gasteiger partial charge on any atom is 0.119 e. The summed E-state index contributed by atoms with van der Waals surface area (Å²) in [5.41, 5.74) is 6.32. The number of nitrogen functional groups attached to an aromatic ring is 1. The molecule has 0 amide bonds. The van der Waals surface area contributed by atoms with Crippen molar-refractivity contribution in [3.8, 4) is 5.75 Å². The molecule has 0 aliphatic heterocycles. The van der Waals surface area contributed by atoms with E-state index in [1.165, 1.54) is 0 Å². The summed E-state index contributed by atoms with van der Waals surface area (Å²) in [4.78, 5) is 0. The lowest BCUT2D eigenvalue weighted by molar-refractivity contribution is 0.0356. The van der Waals surface area contributed by atoms with E-state index in [1.54, 1.807) is 0 Å². The Labute approximate surface area is 109 Å². The number of unbranched alkanes of at least 4 members (excludes halogenated alkanes) is 1. The van der Waals surface area contributed by atoms with E-state index < -0.39 is 0 Å². The molecule has 4 heteroatoms. The van der Waals surface area contributed by atoms with E-state index in [2.05, 4.69) is 6.92 Å². The Morgan fingerprint density at radius 1 is 0.889 bits per heavy atom. The first-order chi connectivity index (χ1) is 8.83. The first-order valence-electron chi connectivity index (χ1n) is 6.46. The van der Waals surface area contributed by atoms with Crippen LogP contribution >= 0.6 is 0 Å². The van der Waals surface area contributed by atoms with E-state index >= 15 is 0 Å². The summed E-state index contributed by atoms with van der Waals surface area (Å²) in [6.45, 7) is 5.35. The lowest BCUT2D eigenvalue weighted by atomic mass is 10.3. The predicted molar refractivity (Wildman–Crippen MR) is 72.9 cm³/mol. The largest absolute Gasteiger partial charge is 0.491 e. The number of benzene rings is 1. The minimum absolute atomic E-state index is 0.541. The second-order valence-corrected chi connectivity index (χ2v) is 4.00. The number of rotatable bonds is 10. The minimum Gasteiger partial charge on any atom is -0.491 e. The van der Waals surface area contributed by atoms with Crippen LogP contribution in [-0.2, 0) is 9.47 Å². The Morgan fingerprint density at radius 2 is 1.50 bits per heavy atom. The minimum atomic E-state index is 0.541. The van der Waals surface area contributed by atoms with Gasteiger partial charge in [0.2, 0.25) is 0 Å². The van der Waals surface area contributed by atoms with Crippen LogP contribution < -0.4 is 10.5 Å². The summed E-state index contributed by atoms with van der Waals surface area (Å²) in [5, 5.41) is 0. The van der Waals surface area contributed by atoms with Gasteiger partial charge in [-0.25, -0.2) is 0 Å². The molecule has 0 spiro atoms. The molecule has 0 aliphatic rings. The second kappa shape index (κ2) is 9.74. The molecule has 0 unspecified atom stereocenters. The maximum atomic E-state index is 5.58. The van der Waals surface area contributed by atoms with Crippen molar-refractivity contribution in [2.75, 3.05) is 38.8 Å². The Morgan fingerprint density at radius 3 is 2.17 bits per heavy atom. The van der Waals surface area contributed by atoms with E-state index in [1.807, 2.05) is 24.3 Å². The molecule has 0 saturated carbocycles. The first-order valence-corrected chi connectivity index (χ1v) is 6.46. The summed E-state index contributed by atoms with van der Waals surface area (Å²) in [6.07, 6.45) is 2.27. The zero-order valence-corrected chi connectivity index (χ0v) is 11.1. The molecule has 102 valence electrons. The quantitative estimate of drug-likeness (QED) is 0.514. The van der Waals surface area contributed by atoms with Crippen molar-refractivity contribution >= 4 is 5.69 Å². The van der Waals surface area contributed by atoms with Gasteiger partial charge in [-0.3, -0.25) is 0 Å². The molecule has 0 fully saturated rings. The van der Waals surface area contributed by atoms with Crippen LogP contribution in [0, 0.1) is 0 Å². The molecule has 18 heavy (non-hydrogen) atoms. The van der Waals surface area contributed by atoms with Gasteiger partial charge in [-0.2, -0.15) is 0 Å². The highest BCUT2D eigenvalue weighted by molar-refractivity contribution is 5.41. The molecule has 0 aliphatic carbocycles. The Kier molecular flexibility index (Phi) is 8.01. The van der Waals surface area contributed by atoms with E-state index in [0.29, 0.717) is 26.4 Å². The fraction of sp³-hybridized carbons (Fsp3) is 0.571. The van der Waals surface area contributed by atoms with Gasteiger partial charge in [0.1, 0.15) is 12.4 Å². The van der Waals surface area contributed by atoms with Crippen molar-refractivity contribution in [3.63, 3.8) is 0 Å². The van der Waals surface area contributed by atoms with E-state index in [0.717, 1.165) is 30.9 Å². The lowest BCUT2D eigenvalue weighted by Crippen LogP contribution is -2.11.